The Kier molecular flexibility index (Phi) is 5.01. The van der Waals surface area contributed by atoms with Crippen LogP contribution in [0.25, 0.3) is 0 Å². The summed E-state index contributed by atoms with van der Waals surface area (Å²) in [6, 6.07) is 6.84. The topological polar surface area (TPSA) is 43.8 Å². The van der Waals surface area contributed by atoms with Crippen LogP contribution in [0, 0.1) is 5.92 Å². The molecule has 4 nitrogen and oxygen atoms in total. The van der Waals surface area contributed by atoms with Crippen LogP contribution in [0.5, 0.6) is 5.75 Å². The summed E-state index contributed by atoms with van der Waals surface area (Å²) in [5, 5.41) is 9.32. The van der Waals surface area contributed by atoms with Crippen LogP contribution in [0.3, 0.4) is 0 Å². The minimum atomic E-state index is -1.45. The monoisotopic (exact) mass is 352 g/mol. The third-order valence-corrected chi connectivity index (χ3v) is 4.56. The first-order valence-electron chi connectivity index (χ1n) is 8.17. The van der Waals surface area contributed by atoms with Crippen molar-refractivity contribution in [2.75, 3.05) is 31.1 Å². The van der Waals surface area contributed by atoms with Crippen LogP contribution >= 0.6 is 0 Å². The predicted molar refractivity (Wildman–Crippen MR) is 88.1 cm³/mol. The Morgan fingerprint density at radius 1 is 1.08 bits per heavy atom. The number of nitrogens with zero attached hydrogens (tertiary/aromatic N) is 2. The van der Waals surface area contributed by atoms with Crippen LogP contribution in [0.2, 0.25) is 0 Å². The number of phenolic OH excluding ortho intramolecular Hbond substituents is 1. The zero-order valence-corrected chi connectivity index (χ0v) is 13.6. The van der Waals surface area contributed by atoms with Crippen molar-refractivity contribution in [3.8, 4) is 5.75 Å². The van der Waals surface area contributed by atoms with Gasteiger partial charge in [-0.25, -0.2) is 13.2 Å². The SMILES string of the molecule is O=C(CC1C=C(F)C(F)=C(F)C1)N1CCN(c2ccc(O)cc2)CC1. The van der Waals surface area contributed by atoms with Gasteiger partial charge in [-0.2, -0.15) is 0 Å². The number of carbonyl (C=O) groups is 1. The van der Waals surface area contributed by atoms with Crippen molar-refractivity contribution in [3.63, 3.8) is 0 Å². The lowest BCUT2D eigenvalue weighted by Crippen LogP contribution is -2.49. The molecule has 0 radical (unpaired) electrons. The van der Waals surface area contributed by atoms with Gasteiger partial charge < -0.3 is 14.9 Å². The van der Waals surface area contributed by atoms with Gasteiger partial charge in [0.25, 0.3) is 0 Å². The molecule has 0 saturated carbocycles. The lowest BCUT2D eigenvalue weighted by molar-refractivity contribution is -0.132. The van der Waals surface area contributed by atoms with Gasteiger partial charge in [-0.1, -0.05) is 0 Å². The van der Waals surface area contributed by atoms with E-state index in [1.807, 2.05) is 12.1 Å². The second-order valence-electron chi connectivity index (χ2n) is 6.29. The van der Waals surface area contributed by atoms with Crippen molar-refractivity contribution in [3.05, 3.63) is 47.8 Å². The number of hydrogen-bond acceptors (Lipinski definition) is 3. The van der Waals surface area contributed by atoms with E-state index in [2.05, 4.69) is 4.90 Å². The summed E-state index contributed by atoms with van der Waals surface area (Å²) in [5.41, 5.74) is 0.963. The molecule has 1 heterocycles. The lowest BCUT2D eigenvalue weighted by atomic mass is 9.94. The Morgan fingerprint density at radius 3 is 2.32 bits per heavy atom. The largest absolute Gasteiger partial charge is 0.508 e. The van der Waals surface area contributed by atoms with E-state index in [1.54, 1.807) is 17.0 Å². The molecule has 0 spiro atoms. The number of benzene rings is 1. The van der Waals surface area contributed by atoms with E-state index in [-0.39, 0.29) is 24.5 Å². The first-order valence-corrected chi connectivity index (χ1v) is 8.17. The van der Waals surface area contributed by atoms with E-state index < -0.39 is 23.4 Å². The molecule has 1 atom stereocenters. The number of phenols is 1. The molecule has 7 heteroatoms. The highest BCUT2D eigenvalue weighted by Gasteiger charge is 2.28. The van der Waals surface area contributed by atoms with Gasteiger partial charge in [0.2, 0.25) is 5.91 Å². The van der Waals surface area contributed by atoms with Gasteiger partial charge in [-0.05, 0) is 36.3 Å². The lowest BCUT2D eigenvalue weighted by Gasteiger charge is -2.36. The number of piperazine rings is 1. The zero-order chi connectivity index (χ0) is 18.0. The van der Waals surface area contributed by atoms with E-state index >= 15 is 0 Å². The average Bonchev–Trinajstić information content (AvgIpc) is 2.60. The molecule has 1 saturated heterocycles. The number of halogens is 3. The molecule has 1 aliphatic heterocycles. The third kappa shape index (κ3) is 3.97. The first-order chi connectivity index (χ1) is 11.9. The Hall–Kier alpha value is -2.44. The van der Waals surface area contributed by atoms with Gasteiger partial charge in [0.15, 0.2) is 11.7 Å². The van der Waals surface area contributed by atoms with Crippen LogP contribution in [0.4, 0.5) is 18.9 Å². The summed E-state index contributed by atoms with van der Waals surface area (Å²) in [4.78, 5) is 16.1. The van der Waals surface area contributed by atoms with Crippen LogP contribution in [0.1, 0.15) is 12.8 Å². The molecule has 0 bridgehead atoms. The van der Waals surface area contributed by atoms with Gasteiger partial charge >= 0.3 is 0 Å². The van der Waals surface area contributed by atoms with Crippen molar-refractivity contribution < 1.29 is 23.1 Å². The van der Waals surface area contributed by atoms with Crippen molar-refractivity contribution in [2.24, 2.45) is 5.92 Å². The molecule has 1 unspecified atom stereocenters. The maximum atomic E-state index is 13.3. The van der Waals surface area contributed by atoms with Crippen LogP contribution < -0.4 is 4.90 Å². The highest BCUT2D eigenvalue weighted by molar-refractivity contribution is 5.77. The summed E-state index contributed by atoms with van der Waals surface area (Å²) in [7, 11) is 0. The fourth-order valence-corrected chi connectivity index (χ4v) is 3.15. The molecular weight excluding hydrogens is 333 g/mol. The van der Waals surface area contributed by atoms with E-state index in [4.69, 9.17) is 0 Å². The molecule has 1 aromatic rings. The van der Waals surface area contributed by atoms with E-state index in [0.29, 0.717) is 26.2 Å². The summed E-state index contributed by atoms with van der Waals surface area (Å²) < 4.78 is 39.6. The number of rotatable bonds is 3. The fraction of sp³-hybridized carbons (Fsp3) is 0.389. The number of carbonyl (C=O) groups excluding carboxylic acids is 1. The molecule has 1 aromatic carbocycles. The second-order valence-corrected chi connectivity index (χ2v) is 6.29. The number of aromatic hydroxyl groups is 1. The predicted octanol–water partition coefficient (Wildman–Crippen LogP) is 3.45. The van der Waals surface area contributed by atoms with Gasteiger partial charge in [0.05, 0.1) is 0 Å². The Morgan fingerprint density at radius 2 is 1.72 bits per heavy atom. The van der Waals surface area contributed by atoms with Gasteiger partial charge in [0.1, 0.15) is 11.6 Å². The average molecular weight is 352 g/mol. The molecule has 1 amide bonds. The quantitative estimate of drug-likeness (QED) is 0.906. The molecule has 134 valence electrons. The highest BCUT2D eigenvalue weighted by Crippen LogP contribution is 2.33. The Balaban J connectivity index is 1.53. The van der Waals surface area contributed by atoms with Gasteiger partial charge in [-0.15, -0.1) is 0 Å². The summed E-state index contributed by atoms with van der Waals surface area (Å²) >= 11 is 0. The molecule has 1 aliphatic carbocycles. The smallest absolute Gasteiger partial charge is 0.223 e. The first kappa shape index (κ1) is 17.4. The maximum Gasteiger partial charge on any atom is 0.223 e. The van der Waals surface area contributed by atoms with E-state index in [0.717, 1.165) is 11.8 Å². The molecule has 1 fully saturated rings. The van der Waals surface area contributed by atoms with Crippen LogP contribution in [0.15, 0.2) is 47.8 Å². The number of anilines is 1. The van der Waals surface area contributed by atoms with Crippen molar-refractivity contribution in [1.29, 1.82) is 0 Å². The Bertz CT molecular complexity index is 708. The summed E-state index contributed by atoms with van der Waals surface area (Å²) in [6.45, 7) is 2.28. The Labute approximate surface area is 143 Å². The fourth-order valence-electron chi connectivity index (χ4n) is 3.15. The molecule has 2 aliphatic rings. The van der Waals surface area contributed by atoms with Crippen LogP contribution in [-0.2, 0) is 4.79 Å². The summed E-state index contributed by atoms with van der Waals surface area (Å²) in [6.07, 6.45) is 0.675. The number of amides is 1. The van der Waals surface area contributed by atoms with E-state index in [1.165, 1.54) is 0 Å². The molecule has 3 rings (SSSR count). The second kappa shape index (κ2) is 7.21. The zero-order valence-electron chi connectivity index (χ0n) is 13.6. The minimum Gasteiger partial charge on any atom is -0.508 e. The molecule has 25 heavy (non-hydrogen) atoms. The number of allylic oxidation sites excluding steroid dienone is 4. The molecule has 0 aromatic heterocycles. The normalized spacial score (nSPS) is 21.4. The highest BCUT2D eigenvalue weighted by atomic mass is 19.2. The summed E-state index contributed by atoms with van der Waals surface area (Å²) in [5.74, 6) is -4.44. The number of hydrogen-bond donors (Lipinski definition) is 1. The van der Waals surface area contributed by atoms with Gasteiger partial charge in [-0.3, -0.25) is 4.79 Å². The standard InChI is InChI=1S/C18H19F3N2O2/c19-15-9-12(10-16(20)18(15)21)11-17(25)23-7-5-22(6-8-23)13-1-3-14(24)4-2-13/h1-4,9,12,24H,5-8,10-11H2. The molecular formula is C18H19F3N2O2. The van der Waals surface area contributed by atoms with Crippen molar-refractivity contribution in [2.45, 2.75) is 12.8 Å². The van der Waals surface area contributed by atoms with E-state index in [9.17, 15) is 23.1 Å². The van der Waals surface area contributed by atoms with Crippen molar-refractivity contribution >= 4 is 11.6 Å². The van der Waals surface area contributed by atoms with Gasteiger partial charge in [0, 0.05) is 44.7 Å². The van der Waals surface area contributed by atoms with Crippen LogP contribution in [-0.4, -0.2) is 42.1 Å². The maximum absolute atomic E-state index is 13.3. The third-order valence-electron chi connectivity index (χ3n) is 4.56. The minimum absolute atomic E-state index is 0.0344. The molecule has 1 N–H and O–H groups in total. The van der Waals surface area contributed by atoms with Crippen molar-refractivity contribution in [1.82, 2.24) is 4.90 Å².